The van der Waals surface area contributed by atoms with Crippen LogP contribution < -0.4 is 11.2 Å². The number of nitrogens with zero attached hydrogens (tertiary/aromatic N) is 4. The third-order valence-electron chi connectivity index (χ3n) is 5.63. The van der Waals surface area contributed by atoms with Gasteiger partial charge in [0, 0.05) is 31.0 Å². The summed E-state index contributed by atoms with van der Waals surface area (Å²) in [5.74, 6) is -0.291. The highest BCUT2D eigenvalue weighted by atomic mass is 19.1. The van der Waals surface area contributed by atoms with Gasteiger partial charge >= 0.3 is 5.69 Å². The first-order chi connectivity index (χ1) is 15.4. The van der Waals surface area contributed by atoms with Gasteiger partial charge in [-0.25, -0.2) is 9.18 Å². The Balaban J connectivity index is 1.79. The second kappa shape index (κ2) is 8.96. The van der Waals surface area contributed by atoms with E-state index in [0.717, 1.165) is 18.4 Å². The van der Waals surface area contributed by atoms with Crippen molar-refractivity contribution in [1.82, 2.24) is 23.9 Å². The zero-order valence-electron chi connectivity index (χ0n) is 18.3. The van der Waals surface area contributed by atoms with Gasteiger partial charge in [0.2, 0.25) is 0 Å². The van der Waals surface area contributed by atoms with Crippen LogP contribution in [-0.2, 0) is 17.8 Å². The van der Waals surface area contributed by atoms with Crippen molar-refractivity contribution in [3.8, 4) is 11.3 Å². The van der Waals surface area contributed by atoms with Crippen molar-refractivity contribution in [1.29, 1.82) is 0 Å². The lowest BCUT2D eigenvalue weighted by Gasteiger charge is -2.16. The van der Waals surface area contributed by atoms with Crippen molar-refractivity contribution in [2.45, 2.75) is 46.0 Å². The maximum atomic E-state index is 14.0. The number of H-pyrrole nitrogens is 1. The molecule has 1 unspecified atom stereocenters. The number of nitrogens with one attached hydrogen (secondary N) is 1. The smallest absolute Gasteiger partial charge is 0.333 e. The Morgan fingerprint density at radius 2 is 2.03 bits per heavy atom. The highest BCUT2D eigenvalue weighted by Gasteiger charge is 2.20. The van der Waals surface area contributed by atoms with Crippen LogP contribution >= 0.6 is 0 Å². The van der Waals surface area contributed by atoms with E-state index in [0.29, 0.717) is 28.8 Å². The number of benzene rings is 1. The van der Waals surface area contributed by atoms with Crippen molar-refractivity contribution in [2.75, 3.05) is 7.11 Å². The molecule has 0 aliphatic heterocycles. The molecule has 1 aromatic carbocycles. The van der Waals surface area contributed by atoms with E-state index < -0.39 is 11.9 Å². The fraction of sp³-hybridized carbons (Fsp3) is 0.348. The molecule has 3 aromatic heterocycles. The minimum absolute atomic E-state index is 0.280. The zero-order chi connectivity index (χ0) is 22.8. The molecule has 3 heterocycles. The molecular weight excluding hydrogens is 413 g/mol. The summed E-state index contributed by atoms with van der Waals surface area (Å²) in [4.78, 5) is 29.3. The van der Waals surface area contributed by atoms with E-state index in [4.69, 9.17) is 4.74 Å². The summed E-state index contributed by atoms with van der Waals surface area (Å²) < 4.78 is 23.7. The first kappa shape index (κ1) is 21.8. The molecule has 1 atom stereocenters. The summed E-state index contributed by atoms with van der Waals surface area (Å²) in [6.07, 6.45) is 4.45. The molecule has 8 nitrogen and oxygen atoms in total. The van der Waals surface area contributed by atoms with Crippen LogP contribution in [0.1, 0.15) is 38.5 Å². The van der Waals surface area contributed by atoms with E-state index in [-0.39, 0.29) is 17.9 Å². The van der Waals surface area contributed by atoms with Crippen LogP contribution in [0.15, 0.2) is 52.3 Å². The third kappa shape index (κ3) is 3.91. The molecule has 0 saturated heterocycles. The SMILES string of the molecule is CCCCn1c(=O)c2[nH]c(-c3cnn(Cc4ccccc4F)c3)cc2n(C(C)OC)c1=O. The number of aromatic amines is 1. The van der Waals surface area contributed by atoms with E-state index in [1.165, 1.54) is 22.3 Å². The van der Waals surface area contributed by atoms with Gasteiger partial charge in [-0.05, 0) is 25.5 Å². The largest absolute Gasteiger partial charge is 0.361 e. The number of aromatic nitrogens is 5. The van der Waals surface area contributed by atoms with Gasteiger partial charge in [0.15, 0.2) is 0 Å². The quantitative estimate of drug-likeness (QED) is 0.455. The molecule has 0 aliphatic rings. The topological polar surface area (TPSA) is 86.8 Å². The summed E-state index contributed by atoms with van der Waals surface area (Å²) >= 11 is 0. The highest BCUT2D eigenvalue weighted by molar-refractivity contribution is 5.82. The zero-order valence-corrected chi connectivity index (χ0v) is 18.3. The maximum absolute atomic E-state index is 14.0. The minimum Gasteiger partial charge on any atom is -0.361 e. The number of halogens is 1. The number of hydrogen-bond donors (Lipinski definition) is 1. The molecular formula is C23H26FN5O3. The predicted octanol–water partition coefficient (Wildman–Crippen LogP) is 3.51. The first-order valence-electron chi connectivity index (χ1n) is 10.6. The van der Waals surface area contributed by atoms with Gasteiger partial charge in [0.1, 0.15) is 17.6 Å². The first-order valence-corrected chi connectivity index (χ1v) is 10.6. The molecule has 168 valence electrons. The number of rotatable bonds is 8. The van der Waals surface area contributed by atoms with E-state index in [1.54, 1.807) is 48.3 Å². The maximum Gasteiger partial charge on any atom is 0.333 e. The third-order valence-corrected chi connectivity index (χ3v) is 5.63. The Hall–Kier alpha value is -3.46. The van der Waals surface area contributed by atoms with E-state index in [1.807, 2.05) is 6.92 Å². The van der Waals surface area contributed by atoms with E-state index >= 15 is 0 Å². The van der Waals surface area contributed by atoms with Crippen LogP contribution in [0.5, 0.6) is 0 Å². The summed E-state index contributed by atoms with van der Waals surface area (Å²) in [5, 5.41) is 4.32. The van der Waals surface area contributed by atoms with E-state index in [2.05, 4.69) is 10.1 Å². The van der Waals surface area contributed by atoms with Crippen molar-refractivity contribution in [3.05, 3.63) is 74.9 Å². The Morgan fingerprint density at radius 3 is 2.75 bits per heavy atom. The fourth-order valence-corrected chi connectivity index (χ4v) is 3.77. The highest BCUT2D eigenvalue weighted by Crippen LogP contribution is 2.23. The number of fused-ring (bicyclic) bond motifs is 1. The summed E-state index contributed by atoms with van der Waals surface area (Å²) in [6.45, 7) is 4.39. The van der Waals surface area contributed by atoms with Crippen LogP contribution in [0.4, 0.5) is 4.39 Å². The molecule has 1 N–H and O–H groups in total. The lowest BCUT2D eigenvalue weighted by Crippen LogP contribution is -2.41. The van der Waals surface area contributed by atoms with Gasteiger partial charge in [-0.2, -0.15) is 5.10 Å². The Morgan fingerprint density at radius 1 is 1.25 bits per heavy atom. The molecule has 4 aromatic rings. The van der Waals surface area contributed by atoms with Crippen molar-refractivity contribution >= 4 is 11.0 Å². The summed E-state index contributed by atoms with van der Waals surface area (Å²) in [7, 11) is 1.52. The van der Waals surface area contributed by atoms with Crippen LogP contribution in [0.2, 0.25) is 0 Å². The number of ether oxygens (including phenoxy) is 1. The monoisotopic (exact) mass is 439 g/mol. The van der Waals surface area contributed by atoms with Gasteiger partial charge in [-0.15, -0.1) is 0 Å². The molecule has 32 heavy (non-hydrogen) atoms. The average molecular weight is 439 g/mol. The Bertz CT molecular complexity index is 1360. The molecule has 0 bridgehead atoms. The fourth-order valence-electron chi connectivity index (χ4n) is 3.77. The van der Waals surface area contributed by atoms with Gasteiger partial charge in [-0.1, -0.05) is 31.5 Å². The molecule has 0 spiro atoms. The lowest BCUT2D eigenvalue weighted by atomic mass is 10.2. The number of unbranched alkanes of at least 4 members (excludes halogenated alkanes) is 1. The molecule has 0 radical (unpaired) electrons. The second-order valence-corrected chi connectivity index (χ2v) is 7.76. The molecule has 0 aliphatic carbocycles. The normalized spacial score (nSPS) is 12.5. The predicted molar refractivity (Wildman–Crippen MR) is 120 cm³/mol. The lowest BCUT2D eigenvalue weighted by molar-refractivity contribution is 0.0590. The minimum atomic E-state index is -0.550. The molecule has 0 amide bonds. The van der Waals surface area contributed by atoms with Gasteiger partial charge in [0.25, 0.3) is 5.56 Å². The second-order valence-electron chi connectivity index (χ2n) is 7.76. The van der Waals surface area contributed by atoms with Crippen LogP contribution in [0.3, 0.4) is 0 Å². The Labute approximate surface area is 183 Å². The molecule has 9 heteroatoms. The van der Waals surface area contributed by atoms with Crippen LogP contribution in [0, 0.1) is 5.82 Å². The van der Waals surface area contributed by atoms with Crippen molar-refractivity contribution in [3.63, 3.8) is 0 Å². The molecule has 4 rings (SSSR count). The van der Waals surface area contributed by atoms with E-state index in [9.17, 15) is 14.0 Å². The van der Waals surface area contributed by atoms with Crippen LogP contribution in [0.25, 0.3) is 22.3 Å². The summed E-state index contributed by atoms with van der Waals surface area (Å²) in [5.41, 5.74) is 1.94. The summed E-state index contributed by atoms with van der Waals surface area (Å²) in [6, 6.07) is 8.30. The number of methoxy groups -OCH3 is 1. The van der Waals surface area contributed by atoms with Crippen LogP contribution in [-0.4, -0.2) is 31.0 Å². The molecule has 0 saturated carbocycles. The van der Waals surface area contributed by atoms with Gasteiger partial charge < -0.3 is 9.72 Å². The standard InChI is InChI=1S/C23H26FN5O3/c1-4-5-10-28-22(30)21-20(29(23(28)31)15(2)32-3)11-19(26-21)17-12-25-27(14-17)13-16-8-6-7-9-18(16)24/h6-9,11-12,14-15,26H,4-5,10,13H2,1-3H3. The van der Waals surface area contributed by atoms with Crippen molar-refractivity contribution in [2.24, 2.45) is 0 Å². The van der Waals surface area contributed by atoms with Gasteiger partial charge in [-0.3, -0.25) is 18.6 Å². The Kier molecular flexibility index (Phi) is 6.09. The number of hydrogen-bond acceptors (Lipinski definition) is 4. The molecule has 0 fully saturated rings. The van der Waals surface area contributed by atoms with Crippen molar-refractivity contribution < 1.29 is 9.13 Å². The van der Waals surface area contributed by atoms with Gasteiger partial charge in [0.05, 0.1) is 24.0 Å². The average Bonchev–Trinajstić information content (AvgIpc) is 3.42.